The van der Waals surface area contributed by atoms with Gasteiger partial charge in [-0.1, -0.05) is 24.3 Å². The van der Waals surface area contributed by atoms with E-state index in [2.05, 4.69) is 10.0 Å². The molecule has 1 aliphatic rings. The van der Waals surface area contributed by atoms with E-state index >= 15 is 0 Å². The molecule has 1 aliphatic heterocycles. The summed E-state index contributed by atoms with van der Waals surface area (Å²) in [5.74, 6) is -1.28. The topological polar surface area (TPSA) is 122 Å². The number of hydrogen-bond donors (Lipinski definition) is 2. The van der Waals surface area contributed by atoms with E-state index in [1.54, 1.807) is 12.1 Å². The Kier molecular flexibility index (Phi) is 7.96. The van der Waals surface area contributed by atoms with Gasteiger partial charge in [0.2, 0.25) is 26.0 Å². The minimum absolute atomic E-state index is 0.142. The number of carbonyl (C=O) groups excluding carboxylic acids is 1. The summed E-state index contributed by atoms with van der Waals surface area (Å²) in [4.78, 5) is 11.7. The molecule has 0 aliphatic carbocycles. The van der Waals surface area contributed by atoms with Crippen LogP contribution in [0, 0.1) is 5.82 Å². The first-order valence-corrected chi connectivity index (χ1v) is 12.8. The minimum Gasteiger partial charge on any atom is -0.379 e. The molecule has 12 heteroatoms. The van der Waals surface area contributed by atoms with Gasteiger partial charge >= 0.3 is 0 Å². The molecule has 3 rings (SSSR count). The summed E-state index contributed by atoms with van der Waals surface area (Å²) in [6.07, 6.45) is -0.142. The molecule has 0 unspecified atom stereocenters. The Morgan fingerprint density at radius 1 is 1.00 bits per heavy atom. The molecule has 1 saturated heterocycles. The normalized spacial score (nSPS) is 15.4. The molecule has 0 aromatic heterocycles. The first-order chi connectivity index (χ1) is 15.2. The van der Waals surface area contributed by atoms with Gasteiger partial charge in [0.25, 0.3) is 0 Å². The van der Waals surface area contributed by atoms with E-state index in [4.69, 9.17) is 4.74 Å². The lowest BCUT2D eigenvalue weighted by atomic mass is 10.2. The molecular formula is C20H24FN3O6S2. The Balaban J connectivity index is 1.47. The lowest BCUT2D eigenvalue weighted by Crippen LogP contribution is -2.40. The highest BCUT2D eigenvalue weighted by Crippen LogP contribution is 2.18. The van der Waals surface area contributed by atoms with E-state index < -0.39 is 36.7 Å². The van der Waals surface area contributed by atoms with Crippen LogP contribution in [-0.2, 0) is 36.1 Å². The smallest absolute Gasteiger partial charge is 0.243 e. The van der Waals surface area contributed by atoms with Gasteiger partial charge in [-0.2, -0.15) is 4.31 Å². The second kappa shape index (κ2) is 10.5. The Labute approximate surface area is 186 Å². The molecule has 0 saturated carbocycles. The second-order valence-electron chi connectivity index (χ2n) is 7.02. The number of benzene rings is 2. The van der Waals surface area contributed by atoms with E-state index in [0.29, 0.717) is 31.9 Å². The maximum Gasteiger partial charge on any atom is 0.243 e. The Morgan fingerprint density at radius 2 is 1.66 bits per heavy atom. The molecule has 1 amide bonds. The number of amides is 1. The third-order valence-corrected chi connectivity index (χ3v) is 8.20. The van der Waals surface area contributed by atoms with Gasteiger partial charge in [0.15, 0.2) is 0 Å². The van der Waals surface area contributed by atoms with Crippen LogP contribution in [0.25, 0.3) is 0 Å². The molecule has 0 atom stereocenters. The van der Waals surface area contributed by atoms with Crippen molar-refractivity contribution in [3.05, 3.63) is 59.9 Å². The van der Waals surface area contributed by atoms with Gasteiger partial charge in [0.1, 0.15) is 10.7 Å². The van der Waals surface area contributed by atoms with Crippen molar-refractivity contribution < 1.29 is 30.8 Å². The summed E-state index contributed by atoms with van der Waals surface area (Å²) in [6.45, 7) is 1.29. The molecular weight excluding hydrogens is 461 g/mol. The number of ether oxygens (including phenoxy) is 1. The molecule has 174 valence electrons. The fraction of sp³-hybridized carbons (Fsp3) is 0.350. The van der Waals surface area contributed by atoms with Crippen molar-refractivity contribution >= 4 is 26.0 Å². The zero-order chi connectivity index (χ0) is 23.2. The maximum atomic E-state index is 13.6. The van der Waals surface area contributed by atoms with E-state index in [1.165, 1.54) is 28.6 Å². The van der Waals surface area contributed by atoms with Gasteiger partial charge in [0, 0.05) is 32.6 Å². The summed E-state index contributed by atoms with van der Waals surface area (Å²) in [5.41, 5.74) is 0.686. The van der Waals surface area contributed by atoms with Gasteiger partial charge in [-0.3, -0.25) is 4.79 Å². The van der Waals surface area contributed by atoms with Crippen LogP contribution < -0.4 is 10.0 Å². The van der Waals surface area contributed by atoms with Gasteiger partial charge in [-0.15, -0.1) is 0 Å². The quantitative estimate of drug-likeness (QED) is 0.543. The van der Waals surface area contributed by atoms with Gasteiger partial charge in [-0.25, -0.2) is 25.9 Å². The molecule has 0 bridgehead atoms. The molecule has 1 heterocycles. The number of hydrogen-bond acceptors (Lipinski definition) is 6. The average molecular weight is 486 g/mol. The number of carbonyl (C=O) groups is 1. The highest BCUT2D eigenvalue weighted by atomic mass is 32.2. The molecule has 9 nitrogen and oxygen atoms in total. The molecule has 2 N–H and O–H groups in total. The van der Waals surface area contributed by atoms with Crippen LogP contribution in [0.15, 0.2) is 58.3 Å². The molecule has 2 aromatic rings. The van der Waals surface area contributed by atoms with E-state index in [0.717, 1.165) is 12.1 Å². The van der Waals surface area contributed by atoms with Gasteiger partial charge in [0.05, 0.1) is 18.1 Å². The summed E-state index contributed by atoms with van der Waals surface area (Å²) in [5, 5.41) is 2.63. The number of sulfonamides is 2. The molecule has 1 fully saturated rings. The summed E-state index contributed by atoms with van der Waals surface area (Å²) < 4.78 is 71.8. The van der Waals surface area contributed by atoms with E-state index in [-0.39, 0.29) is 24.4 Å². The van der Waals surface area contributed by atoms with Crippen LogP contribution in [0.1, 0.15) is 12.0 Å². The number of nitrogens with zero attached hydrogens (tertiary/aromatic N) is 1. The lowest BCUT2D eigenvalue weighted by molar-refractivity contribution is -0.121. The fourth-order valence-electron chi connectivity index (χ4n) is 3.04. The van der Waals surface area contributed by atoms with Crippen LogP contribution >= 0.6 is 0 Å². The second-order valence-corrected chi connectivity index (χ2v) is 10.7. The Bertz CT molecular complexity index is 1150. The summed E-state index contributed by atoms with van der Waals surface area (Å²) in [6, 6.07) is 11.1. The molecule has 32 heavy (non-hydrogen) atoms. The number of morpholine rings is 1. The largest absolute Gasteiger partial charge is 0.379 e. The SMILES string of the molecule is O=C(CCNS(=O)(=O)c1ccccc1F)NCc1ccc(S(=O)(=O)N2CCOCC2)cc1. The van der Waals surface area contributed by atoms with E-state index in [1.807, 2.05) is 0 Å². The van der Waals surface area contributed by atoms with Crippen molar-refractivity contribution in [2.24, 2.45) is 0 Å². The van der Waals surface area contributed by atoms with E-state index in [9.17, 15) is 26.0 Å². The predicted molar refractivity (Wildman–Crippen MR) is 114 cm³/mol. The average Bonchev–Trinajstić information content (AvgIpc) is 2.78. The van der Waals surface area contributed by atoms with Crippen LogP contribution in [0.5, 0.6) is 0 Å². The van der Waals surface area contributed by atoms with Crippen molar-refractivity contribution in [1.29, 1.82) is 0 Å². The fourth-order valence-corrected chi connectivity index (χ4v) is 5.56. The third kappa shape index (κ3) is 6.11. The van der Waals surface area contributed by atoms with Crippen LogP contribution in [0.2, 0.25) is 0 Å². The summed E-state index contributed by atoms with van der Waals surface area (Å²) >= 11 is 0. The summed E-state index contributed by atoms with van der Waals surface area (Å²) in [7, 11) is -7.64. The Morgan fingerprint density at radius 3 is 2.31 bits per heavy atom. The third-order valence-electron chi connectivity index (χ3n) is 4.79. The zero-order valence-corrected chi connectivity index (χ0v) is 18.8. The van der Waals surface area contributed by atoms with Crippen molar-refractivity contribution in [3.8, 4) is 0 Å². The monoisotopic (exact) mass is 485 g/mol. The van der Waals surface area contributed by atoms with Gasteiger partial charge < -0.3 is 10.1 Å². The highest BCUT2D eigenvalue weighted by Gasteiger charge is 2.26. The van der Waals surface area contributed by atoms with Crippen molar-refractivity contribution in [2.45, 2.75) is 22.8 Å². The van der Waals surface area contributed by atoms with Crippen molar-refractivity contribution in [2.75, 3.05) is 32.8 Å². The number of rotatable bonds is 9. The first kappa shape index (κ1) is 24.3. The first-order valence-electron chi connectivity index (χ1n) is 9.88. The molecule has 2 aromatic carbocycles. The van der Waals surface area contributed by atoms with Crippen LogP contribution in [-0.4, -0.2) is 59.9 Å². The van der Waals surface area contributed by atoms with Crippen LogP contribution in [0.3, 0.4) is 0 Å². The van der Waals surface area contributed by atoms with Gasteiger partial charge in [-0.05, 0) is 29.8 Å². The highest BCUT2D eigenvalue weighted by molar-refractivity contribution is 7.89. The molecule has 0 radical (unpaired) electrons. The minimum atomic E-state index is -4.06. The zero-order valence-electron chi connectivity index (χ0n) is 17.2. The number of halogens is 1. The van der Waals surface area contributed by atoms with Crippen molar-refractivity contribution in [3.63, 3.8) is 0 Å². The molecule has 0 spiro atoms. The number of nitrogens with one attached hydrogen (secondary N) is 2. The predicted octanol–water partition coefficient (Wildman–Crippen LogP) is 0.831. The van der Waals surface area contributed by atoms with Crippen LogP contribution in [0.4, 0.5) is 4.39 Å². The van der Waals surface area contributed by atoms with Crippen molar-refractivity contribution in [1.82, 2.24) is 14.3 Å². The lowest BCUT2D eigenvalue weighted by Gasteiger charge is -2.26. The Hall–Kier alpha value is -2.38. The maximum absolute atomic E-state index is 13.6. The standard InChI is InChI=1S/C20H24FN3O6S2/c21-18-3-1-2-4-19(18)31(26,27)23-10-9-20(25)22-15-16-5-7-17(8-6-16)32(28,29)24-11-13-30-14-12-24/h1-8,23H,9-15H2,(H,22,25).